The molecule has 1 amide bonds. The molecule has 0 saturated carbocycles. The Hall–Kier alpha value is -1.89. The summed E-state index contributed by atoms with van der Waals surface area (Å²) >= 11 is 5.98. The minimum Gasteiger partial charge on any atom is -0.312 e. The van der Waals surface area contributed by atoms with Crippen LogP contribution in [0.1, 0.15) is 24.0 Å². The van der Waals surface area contributed by atoms with Gasteiger partial charge in [0.1, 0.15) is 0 Å². The lowest BCUT2D eigenvalue weighted by atomic mass is 9.98. The summed E-state index contributed by atoms with van der Waals surface area (Å²) in [6.45, 7) is 1.38. The number of halogens is 1. The van der Waals surface area contributed by atoms with Crippen LogP contribution in [-0.2, 0) is 27.0 Å². The molecule has 0 aromatic heterocycles. The molecule has 0 radical (unpaired) electrons. The minimum absolute atomic E-state index is 0.0348. The van der Waals surface area contributed by atoms with E-state index >= 15 is 0 Å². The van der Waals surface area contributed by atoms with Crippen LogP contribution in [0.5, 0.6) is 0 Å². The van der Waals surface area contributed by atoms with Gasteiger partial charge in [0, 0.05) is 30.3 Å². The Balaban J connectivity index is 1.48. The molecular weight excluding hydrogens is 396 g/mol. The Bertz CT molecular complexity index is 993. The van der Waals surface area contributed by atoms with Crippen LogP contribution in [0.2, 0.25) is 5.02 Å². The van der Waals surface area contributed by atoms with Gasteiger partial charge >= 0.3 is 0 Å². The number of piperidine rings is 1. The van der Waals surface area contributed by atoms with Crippen molar-refractivity contribution in [3.05, 3.63) is 64.7 Å². The SMILES string of the molecule is O=C([C@H]1CCCN(S(=O)(=O)Cc2cccc(Cl)c2)C1)N1CCc2ccccc21. The lowest BCUT2D eigenvalue weighted by Crippen LogP contribution is -2.46. The second kappa shape index (κ2) is 7.85. The fraction of sp³-hybridized carbons (Fsp3) is 0.381. The van der Waals surface area contributed by atoms with E-state index in [0.29, 0.717) is 30.1 Å². The first-order valence-electron chi connectivity index (χ1n) is 9.55. The highest BCUT2D eigenvalue weighted by Crippen LogP contribution is 2.31. The fourth-order valence-corrected chi connectivity index (χ4v) is 5.92. The summed E-state index contributed by atoms with van der Waals surface area (Å²) in [5.74, 6) is -0.359. The Morgan fingerprint density at radius 3 is 2.75 bits per heavy atom. The molecule has 2 aromatic carbocycles. The van der Waals surface area contributed by atoms with Crippen molar-refractivity contribution in [2.24, 2.45) is 5.92 Å². The van der Waals surface area contributed by atoms with Gasteiger partial charge in [-0.15, -0.1) is 0 Å². The number of sulfonamides is 1. The highest BCUT2D eigenvalue weighted by atomic mass is 35.5. The van der Waals surface area contributed by atoms with Crippen molar-refractivity contribution in [3.63, 3.8) is 0 Å². The van der Waals surface area contributed by atoms with Crippen LogP contribution in [-0.4, -0.2) is 38.3 Å². The van der Waals surface area contributed by atoms with Gasteiger partial charge in [0.2, 0.25) is 15.9 Å². The maximum atomic E-state index is 13.1. The van der Waals surface area contributed by atoms with Crippen LogP contribution in [0, 0.1) is 5.92 Å². The molecule has 0 unspecified atom stereocenters. The van der Waals surface area contributed by atoms with Gasteiger partial charge in [-0.2, -0.15) is 0 Å². The van der Waals surface area contributed by atoms with E-state index in [-0.39, 0.29) is 24.1 Å². The van der Waals surface area contributed by atoms with Gasteiger partial charge in [-0.1, -0.05) is 41.9 Å². The molecule has 2 heterocycles. The fourth-order valence-electron chi connectivity index (χ4n) is 4.11. The maximum absolute atomic E-state index is 13.1. The number of amides is 1. The second-order valence-electron chi connectivity index (χ2n) is 7.45. The predicted octanol–water partition coefficient (Wildman–Crippen LogP) is 3.47. The summed E-state index contributed by atoms with van der Waals surface area (Å²) in [6, 6.07) is 14.8. The summed E-state index contributed by atoms with van der Waals surface area (Å²) < 4.78 is 27.3. The van der Waals surface area contributed by atoms with Crippen molar-refractivity contribution in [3.8, 4) is 0 Å². The molecule has 1 atom stereocenters. The van der Waals surface area contributed by atoms with Crippen LogP contribution in [0.4, 0.5) is 5.69 Å². The molecule has 4 rings (SSSR count). The standard InChI is InChI=1S/C21H23ClN2O3S/c22-19-8-3-5-16(13-19)15-28(26,27)23-11-4-7-18(14-23)21(25)24-12-10-17-6-1-2-9-20(17)24/h1-3,5-6,8-9,13,18H,4,7,10-12,14-15H2/t18-/m0/s1. The molecule has 5 nitrogen and oxygen atoms in total. The summed E-state index contributed by atoms with van der Waals surface area (Å²) in [4.78, 5) is 15.0. The van der Waals surface area contributed by atoms with Gasteiger partial charge in [-0.25, -0.2) is 12.7 Å². The first-order chi connectivity index (χ1) is 13.4. The molecule has 0 bridgehead atoms. The van der Waals surface area contributed by atoms with E-state index in [4.69, 9.17) is 11.6 Å². The third-order valence-corrected chi connectivity index (χ3v) is 7.57. The van der Waals surface area contributed by atoms with Gasteiger partial charge < -0.3 is 4.90 Å². The number of rotatable bonds is 4. The van der Waals surface area contributed by atoms with E-state index in [1.165, 1.54) is 9.87 Å². The molecule has 0 spiro atoms. The Morgan fingerprint density at radius 2 is 1.93 bits per heavy atom. The largest absolute Gasteiger partial charge is 0.312 e. The number of carbonyl (C=O) groups is 1. The molecule has 2 aliphatic rings. The number of hydrogen-bond donors (Lipinski definition) is 0. The summed E-state index contributed by atoms with van der Waals surface area (Å²) in [7, 11) is -3.50. The van der Waals surface area contributed by atoms with E-state index in [1.807, 2.05) is 29.2 Å². The number of para-hydroxylation sites is 1. The zero-order chi connectivity index (χ0) is 19.7. The molecule has 0 N–H and O–H groups in total. The molecule has 2 aromatic rings. The zero-order valence-electron chi connectivity index (χ0n) is 15.6. The molecular formula is C21H23ClN2O3S. The highest BCUT2D eigenvalue weighted by molar-refractivity contribution is 7.88. The predicted molar refractivity (Wildman–Crippen MR) is 111 cm³/mol. The first-order valence-corrected chi connectivity index (χ1v) is 11.5. The van der Waals surface area contributed by atoms with Gasteiger partial charge in [0.15, 0.2) is 0 Å². The van der Waals surface area contributed by atoms with E-state index < -0.39 is 10.0 Å². The average Bonchev–Trinajstić information content (AvgIpc) is 3.11. The smallest absolute Gasteiger partial charge is 0.231 e. The van der Waals surface area contributed by atoms with Crippen LogP contribution >= 0.6 is 11.6 Å². The normalized spacial score (nSPS) is 20.2. The van der Waals surface area contributed by atoms with Gasteiger partial charge in [-0.05, 0) is 48.6 Å². The zero-order valence-corrected chi connectivity index (χ0v) is 17.1. The van der Waals surface area contributed by atoms with E-state index in [9.17, 15) is 13.2 Å². The van der Waals surface area contributed by atoms with Crippen molar-refractivity contribution in [1.29, 1.82) is 0 Å². The highest BCUT2D eigenvalue weighted by Gasteiger charge is 2.36. The maximum Gasteiger partial charge on any atom is 0.231 e. The van der Waals surface area contributed by atoms with Gasteiger partial charge in [0.25, 0.3) is 0 Å². The summed E-state index contributed by atoms with van der Waals surface area (Å²) in [5.41, 5.74) is 2.80. The van der Waals surface area contributed by atoms with Crippen LogP contribution in [0.15, 0.2) is 48.5 Å². The lowest BCUT2D eigenvalue weighted by molar-refractivity contribution is -0.123. The molecule has 1 saturated heterocycles. The van der Waals surface area contributed by atoms with Gasteiger partial charge in [-0.3, -0.25) is 4.79 Å². The number of carbonyl (C=O) groups excluding carboxylic acids is 1. The first kappa shape index (κ1) is 19.4. The third-order valence-electron chi connectivity index (χ3n) is 5.52. The van der Waals surface area contributed by atoms with Crippen LogP contribution < -0.4 is 4.90 Å². The number of benzene rings is 2. The quantitative estimate of drug-likeness (QED) is 0.763. The minimum atomic E-state index is -3.50. The lowest BCUT2D eigenvalue weighted by Gasteiger charge is -2.33. The van der Waals surface area contributed by atoms with Crippen molar-refractivity contribution in [1.82, 2.24) is 4.31 Å². The van der Waals surface area contributed by atoms with Crippen molar-refractivity contribution < 1.29 is 13.2 Å². The van der Waals surface area contributed by atoms with Gasteiger partial charge in [0.05, 0.1) is 11.7 Å². The molecule has 0 aliphatic carbocycles. The topological polar surface area (TPSA) is 57.7 Å². The monoisotopic (exact) mass is 418 g/mol. The van der Waals surface area contributed by atoms with Crippen LogP contribution in [0.3, 0.4) is 0 Å². The van der Waals surface area contributed by atoms with Crippen molar-refractivity contribution >= 4 is 33.2 Å². The second-order valence-corrected chi connectivity index (χ2v) is 9.86. The van der Waals surface area contributed by atoms with E-state index in [0.717, 1.165) is 18.5 Å². The molecule has 7 heteroatoms. The summed E-state index contributed by atoms with van der Waals surface area (Å²) in [6.07, 6.45) is 2.27. The number of nitrogens with zero attached hydrogens (tertiary/aromatic N) is 2. The number of anilines is 1. The van der Waals surface area contributed by atoms with Crippen molar-refractivity contribution in [2.45, 2.75) is 25.0 Å². The Morgan fingerprint density at radius 1 is 1.11 bits per heavy atom. The molecule has 1 fully saturated rings. The van der Waals surface area contributed by atoms with E-state index in [2.05, 4.69) is 0 Å². The molecule has 2 aliphatic heterocycles. The van der Waals surface area contributed by atoms with Crippen LogP contribution in [0.25, 0.3) is 0 Å². The van der Waals surface area contributed by atoms with E-state index in [1.54, 1.807) is 24.3 Å². The van der Waals surface area contributed by atoms with Crippen molar-refractivity contribution in [2.75, 3.05) is 24.5 Å². The summed E-state index contributed by atoms with van der Waals surface area (Å²) in [5, 5.41) is 0.520. The Labute approximate surface area is 171 Å². The Kier molecular flexibility index (Phi) is 5.45. The molecule has 28 heavy (non-hydrogen) atoms. The average molecular weight is 419 g/mol. The molecule has 148 valence electrons. The third kappa shape index (κ3) is 3.95. The number of fused-ring (bicyclic) bond motifs is 1. The number of hydrogen-bond acceptors (Lipinski definition) is 3.